The Hall–Kier alpha value is -2.98. The van der Waals surface area contributed by atoms with Crippen LogP contribution in [0.3, 0.4) is 0 Å². The number of nitrogens with one attached hydrogen (secondary N) is 2. The van der Waals surface area contributed by atoms with Gasteiger partial charge in [0.15, 0.2) is 5.03 Å². The number of hydrogen-bond acceptors (Lipinski definition) is 6. The highest BCUT2D eigenvalue weighted by Crippen LogP contribution is 2.28. The van der Waals surface area contributed by atoms with Gasteiger partial charge >= 0.3 is 0 Å². The van der Waals surface area contributed by atoms with E-state index in [4.69, 9.17) is 0 Å². The molecule has 1 fully saturated rings. The number of nitrogens with zero attached hydrogens (tertiary/aromatic N) is 4. The van der Waals surface area contributed by atoms with E-state index in [1.807, 2.05) is 35.2 Å². The fourth-order valence-electron chi connectivity index (χ4n) is 3.14. The van der Waals surface area contributed by atoms with Crippen molar-refractivity contribution in [2.24, 2.45) is 0 Å². The maximum absolute atomic E-state index is 12.6. The van der Waals surface area contributed by atoms with E-state index >= 15 is 0 Å². The summed E-state index contributed by atoms with van der Waals surface area (Å²) in [5, 5.41) is 6.77. The molecule has 3 aromatic rings. The van der Waals surface area contributed by atoms with Gasteiger partial charge in [0.2, 0.25) is 0 Å². The third kappa shape index (κ3) is 3.36. The van der Waals surface area contributed by atoms with Crippen LogP contribution in [0.15, 0.2) is 58.7 Å². The molecule has 0 spiro atoms. The van der Waals surface area contributed by atoms with Crippen LogP contribution in [0.25, 0.3) is 11.3 Å². The van der Waals surface area contributed by atoms with Crippen LogP contribution in [0.4, 0.5) is 5.69 Å². The molecule has 140 valence electrons. The lowest BCUT2D eigenvalue weighted by Gasteiger charge is -2.35. The molecule has 1 aliphatic rings. The summed E-state index contributed by atoms with van der Waals surface area (Å²) in [5.41, 5.74) is 1.96. The summed E-state index contributed by atoms with van der Waals surface area (Å²) >= 11 is 0. The summed E-state index contributed by atoms with van der Waals surface area (Å²) in [6.45, 7) is 1.53. The van der Waals surface area contributed by atoms with Crippen molar-refractivity contribution >= 4 is 15.7 Å². The Labute approximate surface area is 155 Å². The monoisotopic (exact) mass is 386 g/mol. The van der Waals surface area contributed by atoms with Crippen molar-refractivity contribution in [1.82, 2.24) is 24.5 Å². The van der Waals surface area contributed by atoms with Crippen LogP contribution >= 0.6 is 0 Å². The summed E-state index contributed by atoms with van der Waals surface area (Å²) in [6, 6.07) is 11.1. The van der Waals surface area contributed by atoms with Crippen LogP contribution in [0.1, 0.15) is 0 Å². The molecule has 2 aromatic heterocycles. The molecule has 2 N–H and O–H groups in total. The number of aromatic nitrogens is 4. The molecule has 0 aliphatic carbocycles. The highest BCUT2D eigenvalue weighted by atomic mass is 32.2. The van der Waals surface area contributed by atoms with Crippen molar-refractivity contribution in [2.45, 2.75) is 5.03 Å². The highest BCUT2D eigenvalue weighted by Gasteiger charge is 2.30. The first-order chi connectivity index (χ1) is 13.1. The lowest BCUT2D eigenvalue weighted by molar-refractivity contribution is 0.383. The summed E-state index contributed by atoms with van der Waals surface area (Å²) in [5.74, 6) is 0. The largest absolute Gasteiger partial charge is 0.367 e. The number of anilines is 1. The van der Waals surface area contributed by atoms with Crippen molar-refractivity contribution in [1.29, 1.82) is 0 Å². The van der Waals surface area contributed by atoms with Crippen molar-refractivity contribution in [2.75, 3.05) is 31.1 Å². The van der Waals surface area contributed by atoms with E-state index < -0.39 is 10.0 Å². The Morgan fingerprint density at radius 2 is 1.78 bits per heavy atom. The molecule has 1 aromatic carbocycles. The number of hydrogen-bond donors (Lipinski definition) is 2. The van der Waals surface area contributed by atoms with E-state index in [1.54, 1.807) is 0 Å². The first kappa shape index (κ1) is 17.4. The average Bonchev–Trinajstić information content (AvgIpc) is 3.24. The number of piperazine rings is 1. The average molecular weight is 386 g/mol. The normalized spacial score (nSPS) is 15.8. The summed E-state index contributed by atoms with van der Waals surface area (Å²) in [7, 11) is -3.59. The zero-order valence-corrected chi connectivity index (χ0v) is 15.2. The first-order valence-corrected chi connectivity index (χ1v) is 9.88. The predicted octanol–water partition coefficient (Wildman–Crippen LogP) is 0.671. The van der Waals surface area contributed by atoms with Crippen LogP contribution in [0.5, 0.6) is 0 Å². The van der Waals surface area contributed by atoms with Gasteiger partial charge in [0.25, 0.3) is 15.6 Å². The number of aromatic amines is 2. The van der Waals surface area contributed by atoms with Gasteiger partial charge in [-0.05, 0) is 0 Å². The Kier molecular flexibility index (Phi) is 4.50. The Morgan fingerprint density at radius 3 is 2.44 bits per heavy atom. The van der Waals surface area contributed by atoms with Crippen LogP contribution in [-0.4, -0.2) is 59.1 Å². The molecule has 0 bridgehead atoms. The predicted molar refractivity (Wildman–Crippen MR) is 99.9 cm³/mol. The highest BCUT2D eigenvalue weighted by molar-refractivity contribution is 7.89. The zero-order chi connectivity index (χ0) is 18.9. The molecule has 10 heteroatoms. The second-order valence-corrected chi connectivity index (χ2v) is 8.05. The Balaban J connectivity index is 1.59. The van der Waals surface area contributed by atoms with Crippen LogP contribution in [0, 0.1) is 0 Å². The van der Waals surface area contributed by atoms with Gasteiger partial charge in [0, 0.05) is 37.8 Å². The minimum atomic E-state index is -3.59. The second kappa shape index (κ2) is 6.97. The van der Waals surface area contributed by atoms with Gasteiger partial charge < -0.3 is 9.88 Å². The van der Waals surface area contributed by atoms with E-state index in [1.165, 1.54) is 22.9 Å². The van der Waals surface area contributed by atoms with Gasteiger partial charge in [-0.2, -0.15) is 9.40 Å². The standard InChI is InChI=1S/C17H18N6O3S/c24-15-10-14(17(21-20-15)13-4-2-1-3-5-13)22-6-8-23(9-7-22)27(25,26)16-11-18-12-19-16/h1-5,10-12H,6-9H2,(H,18,19)(H,20,24). The molecular weight excluding hydrogens is 368 g/mol. The fourth-order valence-corrected chi connectivity index (χ4v) is 4.45. The van der Waals surface area contributed by atoms with Crippen LogP contribution in [0.2, 0.25) is 0 Å². The molecule has 1 saturated heterocycles. The number of benzene rings is 1. The summed E-state index contributed by atoms with van der Waals surface area (Å²) < 4.78 is 26.6. The molecule has 1 aliphatic heterocycles. The van der Waals surface area contributed by atoms with Gasteiger partial charge in [0.1, 0.15) is 5.69 Å². The minimum Gasteiger partial charge on any atom is -0.367 e. The number of imidazole rings is 1. The van der Waals surface area contributed by atoms with E-state index in [9.17, 15) is 13.2 Å². The molecule has 3 heterocycles. The molecule has 9 nitrogen and oxygen atoms in total. The molecule has 0 atom stereocenters. The van der Waals surface area contributed by atoms with E-state index in [0.717, 1.165) is 5.56 Å². The quantitative estimate of drug-likeness (QED) is 0.681. The van der Waals surface area contributed by atoms with Crippen molar-refractivity contribution in [3.63, 3.8) is 0 Å². The van der Waals surface area contributed by atoms with Gasteiger partial charge in [0.05, 0.1) is 18.2 Å². The maximum atomic E-state index is 12.6. The zero-order valence-electron chi connectivity index (χ0n) is 14.4. The minimum absolute atomic E-state index is 0.0822. The maximum Gasteiger partial charge on any atom is 0.266 e. The summed E-state index contributed by atoms with van der Waals surface area (Å²) in [6.07, 6.45) is 2.65. The molecular formula is C17H18N6O3S. The second-order valence-electron chi connectivity index (χ2n) is 6.14. The third-order valence-electron chi connectivity index (χ3n) is 4.51. The number of H-pyrrole nitrogens is 2. The molecule has 27 heavy (non-hydrogen) atoms. The lowest BCUT2D eigenvalue weighted by Crippen LogP contribution is -2.49. The van der Waals surface area contributed by atoms with Gasteiger partial charge in [-0.1, -0.05) is 30.3 Å². The van der Waals surface area contributed by atoms with Crippen molar-refractivity contribution in [3.05, 3.63) is 59.3 Å². The van der Waals surface area contributed by atoms with Crippen LogP contribution < -0.4 is 10.5 Å². The molecule has 0 unspecified atom stereocenters. The van der Waals surface area contributed by atoms with Gasteiger partial charge in [-0.3, -0.25) is 4.79 Å². The van der Waals surface area contributed by atoms with Gasteiger partial charge in [-0.15, -0.1) is 0 Å². The number of sulfonamides is 1. The van der Waals surface area contributed by atoms with Crippen molar-refractivity contribution in [3.8, 4) is 11.3 Å². The first-order valence-electron chi connectivity index (χ1n) is 8.44. The van der Waals surface area contributed by atoms with Crippen molar-refractivity contribution < 1.29 is 8.42 Å². The topological polar surface area (TPSA) is 115 Å². The molecule has 0 amide bonds. The number of rotatable bonds is 4. The smallest absolute Gasteiger partial charge is 0.266 e. The SMILES string of the molecule is O=c1cc(N2CCN(S(=O)(=O)c3cnc[nH]3)CC2)c(-c2ccccc2)n[nH]1. The summed E-state index contributed by atoms with van der Waals surface area (Å²) in [4.78, 5) is 20.3. The van der Waals surface area contributed by atoms with E-state index in [2.05, 4.69) is 20.2 Å². The lowest BCUT2D eigenvalue weighted by atomic mass is 10.1. The molecule has 0 saturated carbocycles. The Bertz CT molecular complexity index is 1070. The van der Waals surface area contributed by atoms with Crippen LogP contribution in [-0.2, 0) is 10.0 Å². The van der Waals surface area contributed by atoms with E-state index in [0.29, 0.717) is 37.6 Å². The van der Waals surface area contributed by atoms with Gasteiger partial charge in [-0.25, -0.2) is 18.5 Å². The Morgan fingerprint density at radius 1 is 1.04 bits per heavy atom. The molecule has 4 rings (SSSR count). The molecule has 0 radical (unpaired) electrons. The third-order valence-corrected chi connectivity index (χ3v) is 6.33. The van der Waals surface area contributed by atoms with E-state index in [-0.39, 0.29) is 10.6 Å². The fraction of sp³-hybridized carbons (Fsp3) is 0.235.